The van der Waals surface area contributed by atoms with E-state index in [1.807, 2.05) is 0 Å². The van der Waals surface area contributed by atoms with Crippen molar-refractivity contribution in [2.75, 3.05) is 6.26 Å². The fourth-order valence-electron chi connectivity index (χ4n) is 2.61. The van der Waals surface area contributed by atoms with Crippen LogP contribution in [0.1, 0.15) is 59.3 Å². The van der Waals surface area contributed by atoms with Gasteiger partial charge in [-0.25, -0.2) is 8.42 Å². The molecule has 17 heavy (non-hydrogen) atoms. The standard InChI is InChI=1S/C13H27NO2S/c1-5-13(3,6-2)14-11-8-7-9-12(10-11)17(4,15)16/h11-12,14H,5-10H2,1-4H3. The summed E-state index contributed by atoms with van der Waals surface area (Å²) >= 11 is 0. The Hall–Kier alpha value is -0.0900. The van der Waals surface area contributed by atoms with Gasteiger partial charge in [0.05, 0.1) is 5.25 Å². The van der Waals surface area contributed by atoms with Crippen molar-refractivity contribution in [2.45, 2.75) is 76.1 Å². The fraction of sp³-hybridized carbons (Fsp3) is 1.00. The second kappa shape index (κ2) is 5.70. The summed E-state index contributed by atoms with van der Waals surface area (Å²) in [5.74, 6) is 0. The third-order valence-corrected chi connectivity index (χ3v) is 5.98. The minimum Gasteiger partial charge on any atom is -0.309 e. The molecule has 0 amide bonds. The molecule has 2 unspecified atom stereocenters. The first kappa shape index (κ1) is 15.0. The van der Waals surface area contributed by atoms with Gasteiger partial charge in [-0.05, 0) is 39.0 Å². The van der Waals surface area contributed by atoms with Crippen molar-refractivity contribution in [2.24, 2.45) is 0 Å². The van der Waals surface area contributed by atoms with Crippen LogP contribution in [-0.2, 0) is 9.84 Å². The molecule has 1 saturated carbocycles. The second-order valence-electron chi connectivity index (χ2n) is 5.73. The lowest BCUT2D eigenvalue weighted by Gasteiger charge is -2.37. The molecule has 0 radical (unpaired) electrons. The number of rotatable bonds is 5. The summed E-state index contributed by atoms with van der Waals surface area (Å²) in [6.45, 7) is 6.61. The van der Waals surface area contributed by atoms with Crippen LogP contribution in [0, 0.1) is 0 Å². The van der Waals surface area contributed by atoms with Crippen molar-refractivity contribution in [3.8, 4) is 0 Å². The molecule has 0 aromatic heterocycles. The molecule has 1 rings (SSSR count). The molecule has 1 N–H and O–H groups in total. The van der Waals surface area contributed by atoms with E-state index in [1.54, 1.807) is 0 Å². The van der Waals surface area contributed by atoms with E-state index >= 15 is 0 Å². The van der Waals surface area contributed by atoms with Crippen molar-refractivity contribution in [3.63, 3.8) is 0 Å². The maximum atomic E-state index is 11.6. The third-order valence-electron chi connectivity index (χ3n) is 4.34. The quantitative estimate of drug-likeness (QED) is 0.827. The van der Waals surface area contributed by atoms with Gasteiger partial charge in [-0.3, -0.25) is 0 Å². The second-order valence-corrected chi connectivity index (χ2v) is 8.05. The first-order valence-electron chi connectivity index (χ1n) is 6.77. The average Bonchev–Trinajstić information content (AvgIpc) is 2.28. The predicted molar refractivity (Wildman–Crippen MR) is 73.0 cm³/mol. The zero-order valence-corrected chi connectivity index (χ0v) is 12.4. The molecule has 0 saturated heterocycles. The summed E-state index contributed by atoms with van der Waals surface area (Å²) in [7, 11) is -2.87. The third kappa shape index (κ3) is 4.25. The molecule has 0 heterocycles. The lowest BCUT2D eigenvalue weighted by molar-refractivity contribution is 0.250. The van der Waals surface area contributed by atoms with Crippen LogP contribution in [0.5, 0.6) is 0 Å². The Morgan fingerprint density at radius 2 is 1.82 bits per heavy atom. The lowest BCUT2D eigenvalue weighted by atomic mass is 9.89. The highest BCUT2D eigenvalue weighted by Crippen LogP contribution is 2.26. The highest BCUT2D eigenvalue weighted by atomic mass is 32.2. The van der Waals surface area contributed by atoms with Crippen molar-refractivity contribution < 1.29 is 8.42 Å². The molecule has 4 heteroatoms. The van der Waals surface area contributed by atoms with Crippen LogP contribution in [0.15, 0.2) is 0 Å². The monoisotopic (exact) mass is 261 g/mol. The smallest absolute Gasteiger partial charge is 0.150 e. The fourth-order valence-corrected chi connectivity index (χ4v) is 3.79. The summed E-state index contributed by atoms with van der Waals surface area (Å²) in [6, 6.07) is 0.369. The number of sulfone groups is 1. The Bertz CT molecular complexity index is 333. The van der Waals surface area contributed by atoms with E-state index in [4.69, 9.17) is 0 Å². The molecule has 0 bridgehead atoms. The zero-order valence-electron chi connectivity index (χ0n) is 11.6. The van der Waals surface area contributed by atoms with Gasteiger partial charge in [0.1, 0.15) is 9.84 Å². The zero-order chi connectivity index (χ0) is 13.1. The van der Waals surface area contributed by atoms with Crippen LogP contribution in [-0.4, -0.2) is 31.5 Å². The predicted octanol–water partition coefficient (Wildman–Crippen LogP) is 2.51. The molecule has 3 nitrogen and oxygen atoms in total. The average molecular weight is 261 g/mol. The summed E-state index contributed by atoms with van der Waals surface area (Å²) in [4.78, 5) is 0. The SMILES string of the molecule is CCC(C)(CC)NC1CCCC(S(C)(=O)=O)C1. The van der Waals surface area contributed by atoms with Crippen LogP contribution < -0.4 is 5.32 Å². The lowest BCUT2D eigenvalue weighted by Crippen LogP contribution is -2.50. The molecule has 1 fully saturated rings. The highest BCUT2D eigenvalue weighted by Gasteiger charge is 2.31. The van der Waals surface area contributed by atoms with Gasteiger partial charge in [0.25, 0.3) is 0 Å². The summed E-state index contributed by atoms with van der Waals surface area (Å²) < 4.78 is 23.2. The van der Waals surface area contributed by atoms with Crippen molar-refractivity contribution >= 4 is 9.84 Å². The van der Waals surface area contributed by atoms with Crippen molar-refractivity contribution in [1.82, 2.24) is 5.32 Å². The van der Waals surface area contributed by atoms with Gasteiger partial charge >= 0.3 is 0 Å². The maximum absolute atomic E-state index is 11.6. The van der Waals surface area contributed by atoms with Crippen LogP contribution in [0.4, 0.5) is 0 Å². The van der Waals surface area contributed by atoms with E-state index < -0.39 is 9.84 Å². The molecule has 102 valence electrons. The van der Waals surface area contributed by atoms with Gasteiger partial charge < -0.3 is 5.32 Å². The van der Waals surface area contributed by atoms with Crippen LogP contribution in [0.2, 0.25) is 0 Å². The molecular weight excluding hydrogens is 234 g/mol. The Labute approximate surface area is 106 Å². The summed E-state index contributed by atoms with van der Waals surface area (Å²) in [5.41, 5.74) is 0.157. The minimum absolute atomic E-state index is 0.133. The molecule has 0 spiro atoms. The number of hydrogen-bond acceptors (Lipinski definition) is 3. The normalized spacial score (nSPS) is 27.1. The van der Waals surface area contributed by atoms with E-state index in [0.717, 1.165) is 38.5 Å². The molecule has 1 aliphatic rings. The largest absolute Gasteiger partial charge is 0.309 e. The molecule has 1 aliphatic carbocycles. The van der Waals surface area contributed by atoms with Gasteiger partial charge in [-0.1, -0.05) is 20.3 Å². The van der Waals surface area contributed by atoms with E-state index in [-0.39, 0.29) is 10.8 Å². The van der Waals surface area contributed by atoms with E-state index in [1.165, 1.54) is 6.26 Å². The minimum atomic E-state index is -2.87. The van der Waals surface area contributed by atoms with Crippen molar-refractivity contribution in [1.29, 1.82) is 0 Å². The number of nitrogens with one attached hydrogen (secondary N) is 1. The molecule has 2 atom stereocenters. The topological polar surface area (TPSA) is 46.2 Å². The first-order chi connectivity index (χ1) is 7.80. The van der Waals surface area contributed by atoms with Gasteiger partial charge in [-0.15, -0.1) is 0 Å². The van der Waals surface area contributed by atoms with Gasteiger partial charge in [0, 0.05) is 17.8 Å². The summed E-state index contributed by atoms with van der Waals surface area (Å²) in [5, 5.41) is 3.54. The van der Waals surface area contributed by atoms with E-state index in [2.05, 4.69) is 26.1 Å². The highest BCUT2D eigenvalue weighted by molar-refractivity contribution is 7.91. The number of hydrogen-bond donors (Lipinski definition) is 1. The molecule has 0 aromatic rings. The van der Waals surface area contributed by atoms with Crippen LogP contribution >= 0.6 is 0 Å². The Kier molecular flexibility index (Phi) is 5.02. The Morgan fingerprint density at radius 1 is 1.24 bits per heavy atom. The maximum Gasteiger partial charge on any atom is 0.150 e. The molecular formula is C13H27NO2S. The van der Waals surface area contributed by atoms with Crippen LogP contribution in [0.25, 0.3) is 0 Å². The van der Waals surface area contributed by atoms with Gasteiger partial charge in [0.2, 0.25) is 0 Å². The van der Waals surface area contributed by atoms with Crippen molar-refractivity contribution in [3.05, 3.63) is 0 Å². The summed E-state index contributed by atoms with van der Waals surface area (Å²) in [6.07, 6.45) is 7.31. The Morgan fingerprint density at radius 3 is 2.29 bits per heavy atom. The Balaban J connectivity index is 2.62. The molecule has 0 aliphatic heterocycles. The van der Waals surface area contributed by atoms with Gasteiger partial charge in [0.15, 0.2) is 0 Å². The van der Waals surface area contributed by atoms with Crippen LogP contribution in [0.3, 0.4) is 0 Å². The van der Waals surface area contributed by atoms with E-state index in [9.17, 15) is 8.42 Å². The van der Waals surface area contributed by atoms with Gasteiger partial charge in [-0.2, -0.15) is 0 Å². The first-order valence-corrected chi connectivity index (χ1v) is 8.72. The molecule has 0 aromatic carbocycles. The van der Waals surface area contributed by atoms with E-state index in [0.29, 0.717) is 6.04 Å².